The van der Waals surface area contributed by atoms with Crippen LogP contribution in [0.1, 0.15) is 35.0 Å². The minimum absolute atomic E-state index is 0.127. The van der Waals surface area contributed by atoms with E-state index in [2.05, 4.69) is 15.6 Å². The number of carbonyl (C=O) groups is 3. The molecule has 144 valence electrons. The average Bonchev–Trinajstić information content (AvgIpc) is 2.65. The number of aromatic nitrogens is 1. The van der Waals surface area contributed by atoms with E-state index in [1.165, 1.54) is 7.11 Å². The minimum atomic E-state index is -0.711. The van der Waals surface area contributed by atoms with Gasteiger partial charge in [0.2, 0.25) is 0 Å². The molecule has 0 saturated carbocycles. The highest BCUT2D eigenvalue weighted by Gasteiger charge is 2.21. The van der Waals surface area contributed by atoms with Crippen LogP contribution in [0, 0.1) is 6.92 Å². The van der Waals surface area contributed by atoms with Gasteiger partial charge in [0.1, 0.15) is 0 Å². The number of pyridine rings is 1. The van der Waals surface area contributed by atoms with E-state index in [1.54, 1.807) is 6.92 Å². The Morgan fingerprint density at radius 1 is 1.19 bits per heavy atom. The molecule has 0 aliphatic rings. The van der Waals surface area contributed by atoms with Gasteiger partial charge in [-0.1, -0.05) is 25.1 Å². The number of methoxy groups -OCH3 is 1. The Kier molecular flexibility index (Phi) is 7.25. The van der Waals surface area contributed by atoms with Crippen molar-refractivity contribution in [3.63, 3.8) is 0 Å². The average molecular weight is 373 g/mol. The molecule has 8 nitrogen and oxygen atoms in total. The van der Waals surface area contributed by atoms with Crippen LogP contribution < -0.4 is 10.6 Å². The summed E-state index contributed by atoms with van der Waals surface area (Å²) in [5.41, 5.74) is 2.13. The second kappa shape index (κ2) is 9.63. The maximum absolute atomic E-state index is 12.6. The number of rotatable bonds is 7. The summed E-state index contributed by atoms with van der Waals surface area (Å²) in [6.45, 7) is 3.68. The number of aryl methyl sites for hydroxylation is 1. The second-order valence-electron chi connectivity index (χ2n) is 5.89. The predicted molar refractivity (Wildman–Crippen MR) is 99.3 cm³/mol. The summed E-state index contributed by atoms with van der Waals surface area (Å²) in [7, 11) is 1.50. The van der Waals surface area contributed by atoms with Crippen LogP contribution in [0.4, 0.5) is 4.79 Å². The topological polar surface area (TPSA) is 107 Å². The van der Waals surface area contributed by atoms with Gasteiger partial charge in [-0.2, -0.15) is 0 Å². The molecule has 2 N–H and O–H groups in total. The van der Waals surface area contributed by atoms with Crippen LogP contribution in [0.2, 0.25) is 0 Å². The highest BCUT2D eigenvalue weighted by atomic mass is 16.5. The molecule has 2 aromatic rings. The minimum Gasteiger partial charge on any atom is -0.452 e. The second-order valence-corrected chi connectivity index (χ2v) is 5.89. The van der Waals surface area contributed by atoms with Crippen LogP contribution in [0.5, 0.6) is 0 Å². The number of nitrogens with zero attached hydrogens (tertiary/aromatic N) is 1. The zero-order valence-corrected chi connectivity index (χ0v) is 15.6. The van der Waals surface area contributed by atoms with Gasteiger partial charge in [0.15, 0.2) is 6.61 Å². The number of imide groups is 1. The van der Waals surface area contributed by atoms with Crippen molar-refractivity contribution in [2.45, 2.75) is 26.9 Å². The van der Waals surface area contributed by atoms with Crippen LogP contribution in [0.3, 0.4) is 0 Å². The molecule has 0 saturated heterocycles. The van der Waals surface area contributed by atoms with Crippen molar-refractivity contribution in [1.29, 1.82) is 0 Å². The van der Waals surface area contributed by atoms with Gasteiger partial charge >= 0.3 is 12.0 Å². The molecule has 1 heterocycles. The lowest BCUT2D eigenvalue weighted by Crippen LogP contribution is -2.41. The number of hydrogen-bond acceptors (Lipinski definition) is 6. The summed E-state index contributed by atoms with van der Waals surface area (Å²) in [5.74, 6) is -1.40. The number of urea groups is 1. The van der Waals surface area contributed by atoms with Crippen LogP contribution in [0.15, 0.2) is 24.3 Å². The largest absolute Gasteiger partial charge is 0.452 e. The number of fused-ring (bicyclic) bond motifs is 1. The summed E-state index contributed by atoms with van der Waals surface area (Å²) >= 11 is 0. The first kappa shape index (κ1) is 20.3. The van der Waals surface area contributed by atoms with Gasteiger partial charge in [-0.15, -0.1) is 0 Å². The first-order valence-corrected chi connectivity index (χ1v) is 8.59. The van der Waals surface area contributed by atoms with E-state index >= 15 is 0 Å². The maximum atomic E-state index is 12.6. The molecule has 27 heavy (non-hydrogen) atoms. The smallest absolute Gasteiger partial charge is 0.340 e. The molecule has 0 aliphatic heterocycles. The van der Waals surface area contributed by atoms with Crippen molar-refractivity contribution in [2.75, 3.05) is 20.3 Å². The fourth-order valence-corrected chi connectivity index (χ4v) is 2.60. The van der Waals surface area contributed by atoms with Crippen molar-refractivity contribution in [3.05, 3.63) is 41.1 Å². The zero-order valence-electron chi connectivity index (χ0n) is 15.6. The van der Waals surface area contributed by atoms with Crippen LogP contribution >= 0.6 is 0 Å². The fourth-order valence-electron chi connectivity index (χ4n) is 2.60. The quantitative estimate of drug-likeness (QED) is 0.720. The number of amides is 3. The lowest BCUT2D eigenvalue weighted by Gasteiger charge is -2.14. The van der Waals surface area contributed by atoms with Crippen molar-refractivity contribution in [3.8, 4) is 0 Å². The molecule has 8 heteroatoms. The maximum Gasteiger partial charge on any atom is 0.340 e. The molecular weight excluding hydrogens is 350 g/mol. The van der Waals surface area contributed by atoms with Gasteiger partial charge in [0, 0.05) is 19.0 Å². The molecule has 1 aromatic carbocycles. The van der Waals surface area contributed by atoms with E-state index in [1.807, 2.05) is 31.2 Å². The lowest BCUT2D eigenvalue weighted by molar-refractivity contribution is -0.123. The van der Waals surface area contributed by atoms with Crippen LogP contribution in [-0.2, 0) is 20.9 Å². The molecule has 3 amide bonds. The van der Waals surface area contributed by atoms with E-state index in [9.17, 15) is 14.4 Å². The third kappa shape index (κ3) is 5.24. The van der Waals surface area contributed by atoms with Crippen molar-refractivity contribution in [2.24, 2.45) is 0 Å². The van der Waals surface area contributed by atoms with Gasteiger partial charge in [0.05, 0.1) is 23.4 Å². The number of ether oxygens (including phenoxy) is 2. The Bertz CT molecular complexity index is 851. The van der Waals surface area contributed by atoms with Gasteiger partial charge in [-0.05, 0) is 25.0 Å². The van der Waals surface area contributed by atoms with Gasteiger partial charge < -0.3 is 14.8 Å². The standard InChI is InChI=1S/C19H23N3O5/c1-4-9-20-19(25)22-16(23)11-27-18(24)17-12(2)13-7-5-6-8-14(13)21-15(17)10-26-3/h5-8H,4,9-11H2,1-3H3,(H2,20,22,23,25). The summed E-state index contributed by atoms with van der Waals surface area (Å²) in [4.78, 5) is 40.3. The SMILES string of the molecule is CCCNC(=O)NC(=O)COC(=O)c1c(COC)nc2ccccc2c1C. The monoisotopic (exact) mass is 373 g/mol. The number of para-hydroxylation sites is 1. The number of hydrogen-bond donors (Lipinski definition) is 2. The molecule has 0 unspecified atom stereocenters. The summed E-state index contributed by atoms with van der Waals surface area (Å²) in [6, 6.07) is 6.79. The van der Waals surface area contributed by atoms with E-state index < -0.39 is 24.5 Å². The first-order chi connectivity index (χ1) is 13.0. The molecule has 0 atom stereocenters. The number of benzene rings is 1. The molecule has 2 rings (SSSR count). The zero-order chi connectivity index (χ0) is 19.8. The first-order valence-electron chi connectivity index (χ1n) is 8.59. The Labute approximate surface area is 157 Å². The van der Waals surface area contributed by atoms with Crippen molar-refractivity contribution in [1.82, 2.24) is 15.6 Å². The number of nitrogens with one attached hydrogen (secondary N) is 2. The molecule has 0 aliphatic carbocycles. The lowest BCUT2D eigenvalue weighted by atomic mass is 10.0. The van der Waals surface area contributed by atoms with E-state index in [0.717, 1.165) is 17.3 Å². The molecule has 0 bridgehead atoms. The summed E-state index contributed by atoms with van der Waals surface area (Å²) < 4.78 is 10.2. The Hall–Kier alpha value is -3.00. The summed E-state index contributed by atoms with van der Waals surface area (Å²) in [6.07, 6.45) is 0.743. The van der Waals surface area contributed by atoms with Gasteiger partial charge in [0.25, 0.3) is 5.91 Å². The van der Waals surface area contributed by atoms with Crippen LogP contribution in [-0.4, -0.2) is 43.2 Å². The predicted octanol–water partition coefficient (Wildman–Crippen LogP) is 2.08. The van der Waals surface area contributed by atoms with E-state index in [0.29, 0.717) is 17.8 Å². The van der Waals surface area contributed by atoms with E-state index in [-0.39, 0.29) is 12.2 Å². The van der Waals surface area contributed by atoms with Gasteiger partial charge in [-0.3, -0.25) is 10.1 Å². The summed E-state index contributed by atoms with van der Waals surface area (Å²) in [5, 5.41) is 5.41. The van der Waals surface area contributed by atoms with Crippen LogP contribution in [0.25, 0.3) is 10.9 Å². The molecule has 1 aromatic heterocycles. The fraction of sp³-hybridized carbons (Fsp3) is 0.368. The Morgan fingerprint density at radius 3 is 2.63 bits per heavy atom. The third-order valence-electron chi connectivity index (χ3n) is 3.84. The van der Waals surface area contributed by atoms with E-state index in [4.69, 9.17) is 9.47 Å². The molecule has 0 spiro atoms. The Morgan fingerprint density at radius 2 is 1.93 bits per heavy atom. The molecular formula is C19H23N3O5. The highest BCUT2D eigenvalue weighted by Crippen LogP contribution is 2.24. The number of esters is 1. The normalized spacial score (nSPS) is 10.5. The third-order valence-corrected chi connectivity index (χ3v) is 3.84. The molecule has 0 fully saturated rings. The number of carbonyl (C=O) groups excluding carboxylic acids is 3. The van der Waals surface area contributed by atoms with Gasteiger partial charge in [-0.25, -0.2) is 14.6 Å². The highest BCUT2D eigenvalue weighted by molar-refractivity contribution is 6.00. The molecule has 0 radical (unpaired) electrons. The van der Waals surface area contributed by atoms with Crippen molar-refractivity contribution >= 4 is 28.8 Å². The Balaban J connectivity index is 2.14. The van der Waals surface area contributed by atoms with Crippen molar-refractivity contribution < 1.29 is 23.9 Å².